The average molecular weight is 287 g/mol. The summed E-state index contributed by atoms with van der Waals surface area (Å²) in [7, 11) is 0. The van der Waals surface area contributed by atoms with Gasteiger partial charge in [-0.3, -0.25) is 14.3 Å². The molecule has 2 heterocycles. The van der Waals surface area contributed by atoms with Crippen LogP contribution >= 0.6 is 0 Å². The van der Waals surface area contributed by atoms with Crippen molar-refractivity contribution in [2.24, 2.45) is 5.11 Å². The van der Waals surface area contributed by atoms with Crippen LogP contribution in [0.3, 0.4) is 0 Å². The summed E-state index contributed by atoms with van der Waals surface area (Å²) in [6.45, 7) is -0.899. The minimum atomic E-state index is -2.10. The number of hydrogen-bond acceptors (Lipinski definition) is 7. The van der Waals surface area contributed by atoms with Gasteiger partial charge < -0.3 is 20.1 Å². The lowest BCUT2D eigenvalue weighted by atomic mass is 10.1. The lowest BCUT2D eigenvalue weighted by Gasteiger charge is -2.23. The fraction of sp³-hybridized carbons (Fsp3) is 0.556. The number of H-pyrrole nitrogens is 1. The van der Waals surface area contributed by atoms with E-state index in [1.165, 1.54) is 0 Å². The average Bonchev–Trinajstić information content (AvgIpc) is 2.65. The third-order valence-electron chi connectivity index (χ3n) is 2.97. The Balaban J connectivity index is 2.47. The molecule has 0 amide bonds. The summed E-state index contributed by atoms with van der Waals surface area (Å²) >= 11 is 0. The molecule has 4 atom stereocenters. The molecule has 0 aliphatic carbocycles. The van der Waals surface area contributed by atoms with Crippen molar-refractivity contribution in [1.29, 1.82) is 0 Å². The molecule has 2 rings (SSSR count). The highest BCUT2D eigenvalue weighted by Crippen LogP contribution is 2.37. The highest BCUT2D eigenvalue weighted by Gasteiger charge is 2.54. The van der Waals surface area contributed by atoms with E-state index in [9.17, 15) is 24.9 Å². The second-order valence-electron chi connectivity index (χ2n) is 4.15. The Hall–Kier alpha value is -2.17. The van der Waals surface area contributed by atoms with Gasteiger partial charge in [0.2, 0.25) is 5.72 Å². The van der Waals surface area contributed by atoms with Crippen molar-refractivity contribution in [3.05, 3.63) is 43.5 Å². The number of hydrogen-bond donors (Lipinski definition) is 4. The molecule has 11 nitrogen and oxygen atoms in total. The number of ether oxygens (including phenoxy) is 1. The van der Waals surface area contributed by atoms with E-state index in [2.05, 4.69) is 10.0 Å². The van der Waals surface area contributed by atoms with Crippen LogP contribution < -0.4 is 11.2 Å². The maximum Gasteiger partial charge on any atom is 0.330 e. The number of aliphatic hydroxyl groups excluding tert-OH is 3. The van der Waals surface area contributed by atoms with E-state index in [4.69, 9.17) is 10.3 Å². The molecule has 0 radical (unpaired) electrons. The van der Waals surface area contributed by atoms with Gasteiger partial charge in [-0.2, -0.15) is 0 Å². The van der Waals surface area contributed by atoms with Gasteiger partial charge in [0.05, 0.1) is 6.61 Å². The van der Waals surface area contributed by atoms with Crippen LogP contribution in [-0.2, 0) is 4.74 Å². The molecule has 0 saturated carbocycles. The number of aromatic amines is 1. The van der Waals surface area contributed by atoms with Gasteiger partial charge in [-0.1, -0.05) is 5.11 Å². The topological polar surface area (TPSA) is 174 Å². The Morgan fingerprint density at radius 3 is 2.90 bits per heavy atom. The van der Waals surface area contributed by atoms with Gasteiger partial charge in [0.15, 0.2) is 6.23 Å². The number of aliphatic hydroxyl groups is 3. The van der Waals surface area contributed by atoms with Crippen molar-refractivity contribution in [2.45, 2.75) is 24.2 Å². The third kappa shape index (κ3) is 2.09. The molecule has 1 fully saturated rings. The fourth-order valence-electron chi connectivity index (χ4n) is 1.94. The Kier molecular flexibility index (Phi) is 3.61. The molecule has 0 aromatic carbocycles. The zero-order chi connectivity index (χ0) is 14.9. The van der Waals surface area contributed by atoms with Crippen molar-refractivity contribution in [3.8, 4) is 0 Å². The lowest BCUT2D eigenvalue weighted by molar-refractivity contribution is -0.125. The summed E-state index contributed by atoms with van der Waals surface area (Å²) in [5.74, 6) is 0. The smallest absolute Gasteiger partial charge is 0.330 e. The molecule has 1 saturated heterocycles. The van der Waals surface area contributed by atoms with E-state index in [0.717, 1.165) is 16.8 Å². The molecule has 20 heavy (non-hydrogen) atoms. The number of aromatic nitrogens is 2. The molecule has 1 aromatic rings. The van der Waals surface area contributed by atoms with Gasteiger partial charge in [-0.15, -0.1) is 0 Å². The largest absolute Gasteiger partial charge is 0.393 e. The summed E-state index contributed by atoms with van der Waals surface area (Å²) < 4.78 is 5.95. The quantitative estimate of drug-likeness (QED) is 0.278. The summed E-state index contributed by atoms with van der Waals surface area (Å²) in [6, 6.07) is 1.01. The second-order valence-corrected chi connectivity index (χ2v) is 4.15. The van der Waals surface area contributed by atoms with Crippen LogP contribution in [0, 0.1) is 0 Å². The van der Waals surface area contributed by atoms with Crippen LogP contribution in [0.25, 0.3) is 10.4 Å². The summed E-state index contributed by atoms with van der Waals surface area (Å²) in [4.78, 5) is 26.9. The molecule has 0 unspecified atom stereocenters. The van der Waals surface area contributed by atoms with Crippen LogP contribution in [0.15, 0.2) is 27.0 Å². The second kappa shape index (κ2) is 5.07. The Morgan fingerprint density at radius 1 is 1.65 bits per heavy atom. The summed E-state index contributed by atoms with van der Waals surface area (Å²) in [5, 5.41) is 32.1. The Bertz CT molecular complexity index is 663. The van der Waals surface area contributed by atoms with E-state index in [0.29, 0.717) is 0 Å². The Morgan fingerprint density at radius 2 is 2.35 bits per heavy atom. The maximum absolute atomic E-state index is 11.6. The first kappa shape index (κ1) is 14.2. The van der Waals surface area contributed by atoms with Crippen molar-refractivity contribution in [1.82, 2.24) is 9.55 Å². The van der Waals surface area contributed by atoms with Crippen LogP contribution in [0.4, 0.5) is 0 Å². The minimum Gasteiger partial charge on any atom is -0.393 e. The highest BCUT2D eigenvalue weighted by atomic mass is 16.6. The van der Waals surface area contributed by atoms with Crippen molar-refractivity contribution >= 4 is 0 Å². The molecule has 1 aromatic heterocycles. The summed E-state index contributed by atoms with van der Waals surface area (Å²) in [6.07, 6.45) is -3.76. The van der Waals surface area contributed by atoms with Crippen LogP contribution in [0.2, 0.25) is 0 Å². The number of azide groups is 1. The molecular weight excluding hydrogens is 276 g/mol. The van der Waals surface area contributed by atoms with Crippen LogP contribution in [-0.4, -0.2) is 49.4 Å². The molecular formula is C9H11N5O6. The molecule has 11 heteroatoms. The first-order valence-electron chi connectivity index (χ1n) is 5.48. The number of nitrogens with one attached hydrogen (secondary N) is 1. The van der Waals surface area contributed by atoms with Gasteiger partial charge >= 0.3 is 5.69 Å². The van der Waals surface area contributed by atoms with E-state index < -0.39 is 42.0 Å². The normalized spacial score (nSPS) is 32.9. The fourth-order valence-corrected chi connectivity index (χ4v) is 1.94. The highest BCUT2D eigenvalue weighted by molar-refractivity contribution is 5.00. The van der Waals surface area contributed by atoms with E-state index >= 15 is 0 Å². The molecule has 108 valence electrons. The van der Waals surface area contributed by atoms with Crippen molar-refractivity contribution in [2.75, 3.05) is 6.61 Å². The van der Waals surface area contributed by atoms with Gasteiger partial charge in [-0.25, -0.2) is 4.79 Å². The zero-order valence-electron chi connectivity index (χ0n) is 9.95. The number of nitrogens with zero attached hydrogens (tertiary/aromatic N) is 4. The van der Waals surface area contributed by atoms with Crippen molar-refractivity contribution < 1.29 is 20.1 Å². The van der Waals surface area contributed by atoms with Gasteiger partial charge in [0.25, 0.3) is 5.56 Å². The monoisotopic (exact) mass is 287 g/mol. The summed E-state index contributed by atoms with van der Waals surface area (Å²) in [5.41, 5.74) is 4.79. The van der Waals surface area contributed by atoms with Gasteiger partial charge in [-0.05, 0) is 5.53 Å². The molecule has 0 bridgehead atoms. The van der Waals surface area contributed by atoms with E-state index in [-0.39, 0.29) is 0 Å². The molecule has 0 spiro atoms. The van der Waals surface area contributed by atoms with Gasteiger partial charge in [0, 0.05) is 17.2 Å². The van der Waals surface area contributed by atoms with E-state index in [1.807, 2.05) is 4.98 Å². The molecule has 1 aliphatic rings. The number of rotatable bonds is 3. The standard InChI is InChI=1S/C9H11N5O6/c10-13-12-9(3-15)6(18)5(17)7(20-9)14-2-1-4(16)11-8(14)19/h1-2,5-7,15,17-18H,3H2,(H,11,16,19)/t5-,6+,7-,9-/m1/s1/i8+2. The van der Waals surface area contributed by atoms with Crippen LogP contribution in [0.5, 0.6) is 0 Å². The van der Waals surface area contributed by atoms with Crippen molar-refractivity contribution in [3.63, 3.8) is 0 Å². The van der Waals surface area contributed by atoms with Gasteiger partial charge in [0.1, 0.15) is 12.2 Å². The van der Waals surface area contributed by atoms with Crippen LogP contribution in [0.1, 0.15) is 6.23 Å². The minimum absolute atomic E-state index is 0.650. The third-order valence-corrected chi connectivity index (χ3v) is 2.97. The first-order chi connectivity index (χ1) is 9.45. The molecule has 1 aliphatic heterocycles. The molecule has 4 N–H and O–H groups in total. The predicted molar refractivity (Wildman–Crippen MR) is 62.4 cm³/mol. The Labute approximate surface area is 110 Å². The lowest BCUT2D eigenvalue weighted by Crippen LogP contribution is -2.44. The van der Waals surface area contributed by atoms with E-state index in [1.54, 1.807) is 0 Å². The SMILES string of the molecule is [N-]=[N+]=N[C@]1(CO)O[C@@H](n2ccc(=O)[nH][14c]2=O)[C@H](O)[C@@H]1O. The predicted octanol–water partition coefficient (Wildman–Crippen LogP) is -2.21. The zero-order valence-corrected chi connectivity index (χ0v) is 9.95. The maximum atomic E-state index is 11.6. The first-order valence-corrected chi connectivity index (χ1v) is 5.48.